The minimum absolute atomic E-state index is 0.00891. The summed E-state index contributed by atoms with van der Waals surface area (Å²) < 4.78 is 0. The van der Waals surface area contributed by atoms with Crippen molar-refractivity contribution in [1.29, 1.82) is 0 Å². The Labute approximate surface area is 166 Å². The van der Waals surface area contributed by atoms with Crippen molar-refractivity contribution in [3.05, 3.63) is 71.8 Å². The molecule has 0 unspecified atom stereocenters. The Hall–Kier alpha value is -2.55. The number of benzene rings is 2. The Kier molecular flexibility index (Phi) is 4.37. The third-order valence-corrected chi connectivity index (χ3v) is 6.80. The lowest BCUT2D eigenvalue weighted by Gasteiger charge is -2.59. The fraction of sp³-hybridized carbons (Fsp3) is 0.400. The fourth-order valence-electron chi connectivity index (χ4n) is 6.05. The van der Waals surface area contributed by atoms with Gasteiger partial charge in [0, 0.05) is 35.3 Å². The molecule has 28 heavy (non-hydrogen) atoms. The fourth-order valence-corrected chi connectivity index (χ4v) is 6.05. The Bertz CT molecular complexity index is 929. The molecule has 3 fully saturated rings. The topological polar surface area (TPSA) is 51.2 Å². The molecule has 2 aromatic rings. The number of rotatable bonds is 4. The van der Waals surface area contributed by atoms with Gasteiger partial charge in [0.25, 0.3) is 0 Å². The van der Waals surface area contributed by atoms with Crippen molar-refractivity contribution < 1.29 is 14.4 Å². The van der Waals surface area contributed by atoms with Crippen molar-refractivity contribution in [3.8, 4) is 0 Å². The molecule has 3 aliphatic rings. The van der Waals surface area contributed by atoms with E-state index in [0.29, 0.717) is 17.5 Å². The maximum absolute atomic E-state index is 13.6. The first-order valence-electron chi connectivity index (χ1n) is 9.96. The first-order valence-corrected chi connectivity index (χ1v) is 9.96. The molecule has 3 heteroatoms. The Morgan fingerprint density at radius 2 is 1.32 bits per heavy atom. The van der Waals surface area contributed by atoms with Crippen LogP contribution < -0.4 is 0 Å². The van der Waals surface area contributed by atoms with Gasteiger partial charge in [-0.1, -0.05) is 81.4 Å². The maximum atomic E-state index is 13.6. The van der Waals surface area contributed by atoms with E-state index in [1.165, 1.54) is 0 Å². The van der Waals surface area contributed by atoms with E-state index < -0.39 is 23.2 Å². The van der Waals surface area contributed by atoms with E-state index in [2.05, 4.69) is 13.8 Å². The second-order valence-corrected chi connectivity index (χ2v) is 9.40. The third kappa shape index (κ3) is 2.85. The molecule has 0 aromatic heterocycles. The SMILES string of the molecule is CC1(C)C[C@]2(C)CC(=O)[C@H]1[C@H](C(=O)c1ccccc1)[C@H]2C(=O)c1ccccc1. The van der Waals surface area contributed by atoms with Gasteiger partial charge in [-0.05, 0) is 17.3 Å². The molecule has 0 spiro atoms. The summed E-state index contributed by atoms with van der Waals surface area (Å²) in [6.45, 7) is 6.17. The first kappa shape index (κ1) is 18.8. The number of ketones is 3. The van der Waals surface area contributed by atoms with Crippen molar-refractivity contribution in [2.75, 3.05) is 0 Å². The third-order valence-electron chi connectivity index (χ3n) is 6.80. The maximum Gasteiger partial charge on any atom is 0.167 e. The lowest BCUT2D eigenvalue weighted by Crippen LogP contribution is -2.62. The summed E-state index contributed by atoms with van der Waals surface area (Å²) in [6.07, 6.45) is 1.15. The summed E-state index contributed by atoms with van der Waals surface area (Å²) in [7, 11) is 0. The van der Waals surface area contributed by atoms with Gasteiger partial charge in [0.1, 0.15) is 5.78 Å². The van der Waals surface area contributed by atoms with E-state index in [4.69, 9.17) is 0 Å². The van der Waals surface area contributed by atoms with Crippen LogP contribution in [0.4, 0.5) is 0 Å². The summed E-state index contributed by atoms with van der Waals surface area (Å²) in [4.78, 5) is 40.3. The lowest BCUT2D eigenvalue weighted by molar-refractivity contribution is -0.154. The van der Waals surface area contributed by atoms with Crippen LogP contribution in [0.1, 0.15) is 54.3 Å². The summed E-state index contributed by atoms with van der Waals surface area (Å²) >= 11 is 0. The van der Waals surface area contributed by atoms with Gasteiger partial charge >= 0.3 is 0 Å². The highest BCUT2D eigenvalue weighted by atomic mass is 16.1. The minimum Gasteiger partial charge on any atom is -0.299 e. The molecule has 3 nitrogen and oxygen atoms in total. The zero-order chi connectivity index (χ0) is 20.1. The van der Waals surface area contributed by atoms with Crippen molar-refractivity contribution in [3.63, 3.8) is 0 Å². The van der Waals surface area contributed by atoms with E-state index in [1.807, 2.05) is 55.5 Å². The average Bonchev–Trinajstić information content (AvgIpc) is 2.66. The van der Waals surface area contributed by atoms with Gasteiger partial charge in [-0.3, -0.25) is 14.4 Å². The van der Waals surface area contributed by atoms with Crippen molar-refractivity contribution in [2.24, 2.45) is 28.6 Å². The van der Waals surface area contributed by atoms with E-state index in [0.717, 1.165) is 6.42 Å². The molecule has 0 heterocycles. The molecule has 0 saturated heterocycles. The second-order valence-electron chi connectivity index (χ2n) is 9.40. The molecular formula is C25H26O3. The molecule has 0 amide bonds. The monoisotopic (exact) mass is 374 g/mol. The molecule has 144 valence electrons. The standard InChI is InChI=1S/C25H26O3/c1-24(2)15-25(3)14-18(26)20(24)19(22(27)16-10-6-4-7-11-16)21(25)23(28)17-12-8-5-9-13-17/h4-13,19-21H,14-15H2,1-3H3/t19-,20-,21-,25-/m0/s1. The van der Waals surface area contributed by atoms with Crippen LogP contribution in [-0.2, 0) is 4.79 Å². The largest absolute Gasteiger partial charge is 0.299 e. The highest BCUT2D eigenvalue weighted by Crippen LogP contribution is 2.63. The Morgan fingerprint density at radius 1 is 0.821 bits per heavy atom. The summed E-state index contributed by atoms with van der Waals surface area (Å²) in [6, 6.07) is 18.3. The number of hydrogen-bond acceptors (Lipinski definition) is 3. The predicted molar refractivity (Wildman–Crippen MR) is 108 cm³/mol. The number of hydrogen-bond donors (Lipinski definition) is 0. The smallest absolute Gasteiger partial charge is 0.167 e. The predicted octanol–water partition coefficient (Wildman–Crippen LogP) is 5.01. The number of carbonyl (C=O) groups is 3. The summed E-state index contributed by atoms with van der Waals surface area (Å²) in [5.41, 5.74) is 0.403. The van der Waals surface area contributed by atoms with Crippen LogP contribution >= 0.6 is 0 Å². The normalized spacial score (nSPS) is 30.8. The van der Waals surface area contributed by atoms with Crippen molar-refractivity contribution in [1.82, 2.24) is 0 Å². The van der Waals surface area contributed by atoms with Gasteiger partial charge in [0.05, 0.1) is 0 Å². The van der Waals surface area contributed by atoms with Gasteiger partial charge in [-0.15, -0.1) is 0 Å². The van der Waals surface area contributed by atoms with E-state index in [1.54, 1.807) is 12.1 Å². The minimum atomic E-state index is -0.606. The first-order chi connectivity index (χ1) is 13.2. The van der Waals surface area contributed by atoms with Gasteiger partial charge < -0.3 is 0 Å². The van der Waals surface area contributed by atoms with Crippen LogP contribution in [0.25, 0.3) is 0 Å². The molecular weight excluding hydrogens is 348 g/mol. The van der Waals surface area contributed by atoms with Gasteiger partial charge in [-0.2, -0.15) is 0 Å². The highest BCUT2D eigenvalue weighted by molar-refractivity contribution is 6.09. The van der Waals surface area contributed by atoms with Gasteiger partial charge in [-0.25, -0.2) is 0 Å². The molecule has 0 aliphatic heterocycles. The highest BCUT2D eigenvalue weighted by Gasteiger charge is 2.65. The summed E-state index contributed by atoms with van der Waals surface area (Å²) in [5.74, 6) is -1.45. The molecule has 2 bridgehead atoms. The second kappa shape index (κ2) is 6.51. The zero-order valence-electron chi connectivity index (χ0n) is 16.6. The quantitative estimate of drug-likeness (QED) is 0.707. The molecule has 2 aromatic carbocycles. The Morgan fingerprint density at radius 3 is 1.82 bits per heavy atom. The lowest BCUT2D eigenvalue weighted by atomic mass is 9.41. The van der Waals surface area contributed by atoms with Crippen molar-refractivity contribution in [2.45, 2.75) is 33.6 Å². The number of fused-ring (bicyclic) bond motifs is 3. The van der Waals surface area contributed by atoms with Gasteiger partial charge in [0.2, 0.25) is 0 Å². The van der Waals surface area contributed by atoms with Crippen LogP contribution in [-0.4, -0.2) is 17.3 Å². The molecule has 5 rings (SSSR count). The molecule has 3 saturated carbocycles. The number of carbonyl (C=O) groups excluding carboxylic acids is 3. The average molecular weight is 374 g/mol. The Balaban J connectivity index is 1.86. The zero-order valence-corrected chi connectivity index (χ0v) is 16.6. The van der Waals surface area contributed by atoms with Crippen LogP contribution in [0, 0.1) is 28.6 Å². The van der Waals surface area contributed by atoms with Crippen LogP contribution in [0.15, 0.2) is 60.7 Å². The van der Waals surface area contributed by atoms with Crippen LogP contribution in [0.5, 0.6) is 0 Å². The van der Waals surface area contributed by atoms with E-state index in [-0.39, 0.29) is 22.8 Å². The van der Waals surface area contributed by atoms with E-state index in [9.17, 15) is 14.4 Å². The van der Waals surface area contributed by atoms with Crippen LogP contribution in [0.3, 0.4) is 0 Å². The van der Waals surface area contributed by atoms with Crippen LogP contribution in [0.2, 0.25) is 0 Å². The summed E-state index contributed by atoms with van der Waals surface area (Å²) in [5, 5.41) is 0. The molecule has 0 radical (unpaired) electrons. The van der Waals surface area contributed by atoms with E-state index >= 15 is 0 Å². The van der Waals surface area contributed by atoms with Crippen molar-refractivity contribution >= 4 is 17.3 Å². The molecule has 3 aliphatic carbocycles. The molecule has 4 atom stereocenters. The van der Waals surface area contributed by atoms with Gasteiger partial charge in [0.15, 0.2) is 11.6 Å². The molecule has 0 N–H and O–H groups in total. The number of Topliss-reactive ketones (excluding diaryl/α,β-unsaturated/α-hetero) is 3.